The minimum atomic E-state index is 0. The first-order valence-corrected chi connectivity index (χ1v) is 8.47. The molecule has 0 aromatic heterocycles. The van der Waals surface area contributed by atoms with Crippen LogP contribution in [-0.4, -0.2) is 18.5 Å². The fraction of sp³-hybridized carbons (Fsp3) is 0.562. The number of halogens is 2. The van der Waals surface area contributed by atoms with Crippen molar-refractivity contribution < 1.29 is 4.79 Å². The lowest BCUT2D eigenvalue weighted by atomic mass is 9.84. The molecular formula is C16H24ClIN2O. The number of nitrogens with two attached hydrogens (primary N) is 1. The lowest BCUT2D eigenvalue weighted by Crippen LogP contribution is -2.46. The van der Waals surface area contributed by atoms with Crippen LogP contribution >= 0.6 is 35.0 Å². The Labute approximate surface area is 147 Å². The molecule has 1 atom stereocenters. The largest absolute Gasteiger partial charge is 0.348 e. The molecule has 118 valence electrons. The SMILES string of the molecule is Cc1cccc(C(=O)NC(CN)C2CCCCC2)c1I.Cl. The number of nitrogens with one attached hydrogen (secondary N) is 1. The molecule has 1 aliphatic carbocycles. The highest BCUT2D eigenvalue weighted by Gasteiger charge is 2.25. The van der Waals surface area contributed by atoms with Gasteiger partial charge in [-0.3, -0.25) is 4.79 Å². The molecule has 0 bridgehead atoms. The van der Waals surface area contributed by atoms with Gasteiger partial charge in [0.2, 0.25) is 0 Å². The van der Waals surface area contributed by atoms with E-state index in [1.165, 1.54) is 32.1 Å². The highest BCUT2D eigenvalue weighted by atomic mass is 127. The van der Waals surface area contributed by atoms with Crippen LogP contribution in [-0.2, 0) is 0 Å². The van der Waals surface area contributed by atoms with Crippen LogP contribution in [0.5, 0.6) is 0 Å². The number of hydrogen-bond donors (Lipinski definition) is 2. The standard InChI is InChI=1S/C16H23IN2O.ClH/c1-11-6-5-9-13(15(11)17)16(20)19-14(10-18)12-7-3-2-4-8-12;/h5-6,9,12,14H,2-4,7-8,10,18H2,1H3,(H,19,20);1H. The molecule has 0 saturated heterocycles. The van der Waals surface area contributed by atoms with Gasteiger partial charge in [-0.15, -0.1) is 12.4 Å². The maximum Gasteiger partial charge on any atom is 0.252 e. The summed E-state index contributed by atoms with van der Waals surface area (Å²) in [5.74, 6) is 0.555. The van der Waals surface area contributed by atoms with E-state index in [9.17, 15) is 4.79 Å². The van der Waals surface area contributed by atoms with Crippen molar-refractivity contribution in [2.45, 2.75) is 45.1 Å². The molecule has 1 aromatic carbocycles. The average Bonchev–Trinajstić information content (AvgIpc) is 2.48. The number of carbonyl (C=O) groups excluding carboxylic acids is 1. The van der Waals surface area contributed by atoms with Crippen molar-refractivity contribution in [3.8, 4) is 0 Å². The highest BCUT2D eigenvalue weighted by molar-refractivity contribution is 14.1. The van der Waals surface area contributed by atoms with Crippen molar-refractivity contribution in [2.75, 3.05) is 6.54 Å². The molecule has 1 fully saturated rings. The third kappa shape index (κ3) is 4.83. The van der Waals surface area contributed by atoms with Crippen LogP contribution in [0.25, 0.3) is 0 Å². The van der Waals surface area contributed by atoms with E-state index in [1.807, 2.05) is 25.1 Å². The quantitative estimate of drug-likeness (QED) is 0.728. The van der Waals surface area contributed by atoms with Gasteiger partial charge >= 0.3 is 0 Å². The molecule has 0 heterocycles. The van der Waals surface area contributed by atoms with Gasteiger partial charge in [-0.1, -0.05) is 31.4 Å². The van der Waals surface area contributed by atoms with E-state index < -0.39 is 0 Å². The van der Waals surface area contributed by atoms with Crippen molar-refractivity contribution in [2.24, 2.45) is 11.7 Å². The first-order chi connectivity index (χ1) is 9.63. The predicted octanol–water partition coefficient (Wildman–Crippen LogP) is 3.66. The number of aryl methyl sites for hydroxylation is 1. The third-order valence-corrected chi connectivity index (χ3v) is 5.66. The number of amides is 1. The monoisotopic (exact) mass is 422 g/mol. The van der Waals surface area contributed by atoms with E-state index in [0.717, 1.165) is 14.7 Å². The summed E-state index contributed by atoms with van der Waals surface area (Å²) in [6, 6.07) is 5.96. The molecule has 1 aliphatic rings. The molecular weight excluding hydrogens is 399 g/mol. The Kier molecular flexibility index (Phi) is 7.98. The smallest absolute Gasteiger partial charge is 0.252 e. The molecule has 1 aromatic rings. The van der Waals surface area contributed by atoms with Gasteiger partial charge in [0.25, 0.3) is 5.91 Å². The lowest BCUT2D eigenvalue weighted by Gasteiger charge is -2.30. The maximum absolute atomic E-state index is 12.5. The summed E-state index contributed by atoms with van der Waals surface area (Å²) in [5.41, 5.74) is 7.78. The van der Waals surface area contributed by atoms with Gasteiger partial charge in [-0.25, -0.2) is 0 Å². The Morgan fingerprint density at radius 3 is 2.67 bits per heavy atom. The van der Waals surface area contributed by atoms with Gasteiger partial charge in [0.1, 0.15) is 0 Å². The molecule has 2 rings (SSSR count). The molecule has 0 spiro atoms. The molecule has 0 aliphatic heterocycles. The van der Waals surface area contributed by atoms with Crippen molar-refractivity contribution in [1.29, 1.82) is 0 Å². The Bertz CT molecular complexity index is 475. The van der Waals surface area contributed by atoms with E-state index >= 15 is 0 Å². The first-order valence-electron chi connectivity index (χ1n) is 7.39. The summed E-state index contributed by atoms with van der Waals surface area (Å²) in [4.78, 5) is 12.5. The van der Waals surface area contributed by atoms with E-state index in [-0.39, 0.29) is 24.4 Å². The summed E-state index contributed by atoms with van der Waals surface area (Å²) in [7, 11) is 0. The number of carbonyl (C=O) groups is 1. The van der Waals surface area contributed by atoms with Crippen LogP contribution < -0.4 is 11.1 Å². The number of hydrogen-bond acceptors (Lipinski definition) is 2. The first kappa shape index (κ1) is 18.7. The van der Waals surface area contributed by atoms with Crippen LogP contribution in [0, 0.1) is 16.4 Å². The molecule has 21 heavy (non-hydrogen) atoms. The lowest BCUT2D eigenvalue weighted by molar-refractivity contribution is 0.0914. The summed E-state index contributed by atoms with van der Waals surface area (Å²) in [5, 5.41) is 3.15. The molecule has 1 amide bonds. The van der Waals surface area contributed by atoms with Gasteiger partial charge in [-0.05, 0) is 59.9 Å². The van der Waals surface area contributed by atoms with Crippen LogP contribution in [0.3, 0.4) is 0 Å². The summed E-state index contributed by atoms with van der Waals surface area (Å²) >= 11 is 2.24. The van der Waals surface area contributed by atoms with Gasteiger partial charge in [0.15, 0.2) is 0 Å². The normalized spacial score (nSPS) is 16.9. The molecule has 0 radical (unpaired) electrons. The minimum absolute atomic E-state index is 0. The molecule has 1 unspecified atom stereocenters. The fourth-order valence-electron chi connectivity index (χ4n) is 2.97. The maximum atomic E-state index is 12.5. The minimum Gasteiger partial charge on any atom is -0.348 e. The average molecular weight is 423 g/mol. The summed E-state index contributed by atoms with van der Waals surface area (Å²) in [6.07, 6.45) is 6.22. The fourth-order valence-corrected chi connectivity index (χ4v) is 3.58. The van der Waals surface area contributed by atoms with E-state index in [2.05, 4.69) is 27.9 Å². The summed E-state index contributed by atoms with van der Waals surface area (Å²) in [6.45, 7) is 2.55. The van der Waals surface area contributed by atoms with Gasteiger partial charge < -0.3 is 11.1 Å². The van der Waals surface area contributed by atoms with Crippen molar-refractivity contribution in [1.82, 2.24) is 5.32 Å². The molecule has 3 N–H and O–H groups in total. The summed E-state index contributed by atoms with van der Waals surface area (Å²) < 4.78 is 1.03. The van der Waals surface area contributed by atoms with Crippen LogP contribution in [0.2, 0.25) is 0 Å². The topological polar surface area (TPSA) is 55.1 Å². The van der Waals surface area contributed by atoms with Crippen LogP contribution in [0.1, 0.15) is 48.0 Å². The third-order valence-electron chi connectivity index (χ3n) is 4.23. The molecule has 3 nitrogen and oxygen atoms in total. The van der Waals surface area contributed by atoms with Gasteiger partial charge in [0, 0.05) is 16.2 Å². The second-order valence-electron chi connectivity index (χ2n) is 5.65. The van der Waals surface area contributed by atoms with Crippen LogP contribution in [0.15, 0.2) is 18.2 Å². The zero-order valence-electron chi connectivity index (χ0n) is 12.4. The van der Waals surface area contributed by atoms with Crippen molar-refractivity contribution >= 4 is 40.9 Å². The van der Waals surface area contributed by atoms with Gasteiger partial charge in [-0.2, -0.15) is 0 Å². The van der Waals surface area contributed by atoms with E-state index in [4.69, 9.17) is 5.73 Å². The predicted molar refractivity (Wildman–Crippen MR) is 98.0 cm³/mol. The Balaban J connectivity index is 0.00000220. The zero-order valence-corrected chi connectivity index (χ0v) is 15.4. The highest BCUT2D eigenvalue weighted by Crippen LogP contribution is 2.26. The van der Waals surface area contributed by atoms with Crippen LogP contribution in [0.4, 0.5) is 0 Å². The second kappa shape index (κ2) is 8.96. The van der Waals surface area contributed by atoms with E-state index in [1.54, 1.807) is 0 Å². The Morgan fingerprint density at radius 1 is 1.38 bits per heavy atom. The molecule has 1 saturated carbocycles. The Morgan fingerprint density at radius 2 is 2.05 bits per heavy atom. The van der Waals surface area contributed by atoms with E-state index in [0.29, 0.717) is 12.5 Å². The number of rotatable bonds is 4. The number of benzene rings is 1. The Hall–Kier alpha value is -0.330. The second-order valence-corrected chi connectivity index (χ2v) is 6.73. The zero-order chi connectivity index (χ0) is 14.5. The van der Waals surface area contributed by atoms with Crippen molar-refractivity contribution in [3.05, 3.63) is 32.9 Å². The van der Waals surface area contributed by atoms with Crippen molar-refractivity contribution in [3.63, 3.8) is 0 Å². The molecule has 5 heteroatoms. The van der Waals surface area contributed by atoms with Gasteiger partial charge in [0.05, 0.1) is 5.56 Å².